The van der Waals surface area contributed by atoms with E-state index in [0.29, 0.717) is 0 Å². The number of hydrogen-bond acceptors (Lipinski definition) is 3. The van der Waals surface area contributed by atoms with Gasteiger partial charge in [-0.05, 0) is 19.1 Å². The monoisotopic (exact) mass is 264 g/mol. The van der Waals surface area contributed by atoms with Crippen molar-refractivity contribution in [2.45, 2.75) is 25.6 Å². The first-order chi connectivity index (χ1) is 8.29. The molecule has 0 aliphatic rings. The third kappa shape index (κ3) is 3.29. The van der Waals surface area contributed by atoms with Crippen LogP contribution in [0.1, 0.15) is 18.1 Å². The molecule has 0 spiro atoms. The topological polar surface area (TPSA) is 38.7 Å². The Balaban J connectivity index is 3.40. The van der Waals surface area contributed by atoms with Crippen LogP contribution < -0.4 is 9.47 Å². The van der Waals surface area contributed by atoms with Crippen molar-refractivity contribution in [1.82, 2.24) is 0 Å². The van der Waals surface area contributed by atoms with Gasteiger partial charge >= 0.3 is 6.18 Å². The summed E-state index contributed by atoms with van der Waals surface area (Å²) in [6.07, 6.45) is -5.25. The predicted molar refractivity (Wildman–Crippen MR) is 59.9 cm³/mol. The van der Waals surface area contributed by atoms with Crippen molar-refractivity contribution < 1.29 is 27.8 Å². The summed E-state index contributed by atoms with van der Waals surface area (Å²) in [5.41, 5.74) is -0.640. The molecular weight excluding hydrogens is 249 g/mol. The molecule has 0 aromatic heterocycles. The summed E-state index contributed by atoms with van der Waals surface area (Å²) in [5.74, 6) is -0.192. The first-order valence-corrected chi connectivity index (χ1v) is 5.29. The molecule has 1 atom stereocenters. The highest BCUT2D eigenvalue weighted by molar-refractivity contribution is 5.49. The van der Waals surface area contributed by atoms with Crippen LogP contribution in [0.2, 0.25) is 0 Å². The fraction of sp³-hybridized carbons (Fsp3) is 0.500. The van der Waals surface area contributed by atoms with E-state index >= 15 is 0 Å². The minimum Gasteiger partial charge on any atom is -0.497 e. The second-order valence-corrected chi connectivity index (χ2v) is 3.92. The zero-order valence-corrected chi connectivity index (χ0v) is 10.3. The van der Waals surface area contributed by atoms with Crippen LogP contribution >= 0.6 is 0 Å². The lowest BCUT2D eigenvalue weighted by atomic mass is 10.0. The molecule has 102 valence electrons. The van der Waals surface area contributed by atoms with E-state index in [1.165, 1.54) is 27.2 Å². The third-order valence-electron chi connectivity index (χ3n) is 2.40. The molecule has 18 heavy (non-hydrogen) atoms. The Kier molecular flexibility index (Phi) is 4.45. The van der Waals surface area contributed by atoms with Crippen LogP contribution in [0.3, 0.4) is 0 Å². The van der Waals surface area contributed by atoms with Crippen molar-refractivity contribution >= 4 is 0 Å². The van der Waals surface area contributed by atoms with E-state index in [1.54, 1.807) is 0 Å². The molecular formula is C12H15F3O3. The maximum absolute atomic E-state index is 12.9. The molecule has 1 rings (SSSR count). The average molecular weight is 264 g/mol. The number of hydrogen-bond donors (Lipinski definition) is 1. The third-order valence-corrected chi connectivity index (χ3v) is 2.40. The van der Waals surface area contributed by atoms with Crippen LogP contribution in [0.25, 0.3) is 0 Å². The van der Waals surface area contributed by atoms with Crippen LogP contribution in [0.5, 0.6) is 11.5 Å². The molecule has 0 fully saturated rings. The van der Waals surface area contributed by atoms with Gasteiger partial charge in [-0.1, -0.05) is 0 Å². The summed E-state index contributed by atoms with van der Waals surface area (Å²) in [7, 11) is 2.46. The number of halogens is 3. The van der Waals surface area contributed by atoms with Crippen LogP contribution in [0.15, 0.2) is 12.1 Å². The van der Waals surface area contributed by atoms with Crippen molar-refractivity contribution in [3.05, 3.63) is 23.3 Å². The molecule has 0 saturated carbocycles. The van der Waals surface area contributed by atoms with Crippen molar-refractivity contribution in [1.29, 1.82) is 0 Å². The molecule has 1 unspecified atom stereocenters. The van der Waals surface area contributed by atoms with Gasteiger partial charge < -0.3 is 14.6 Å². The Hall–Kier alpha value is -1.43. The minimum atomic E-state index is -4.53. The lowest BCUT2D eigenvalue weighted by Crippen LogP contribution is -2.12. The zero-order valence-electron chi connectivity index (χ0n) is 10.3. The molecule has 0 bridgehead atoms. The van der Waals surface area contributed by atoms with Crippen LogP contribution in [-0.4, -0.2) is 25.4 Å². The van der Waals surface area contributed by atoms with Gasteiger partial charge in [-0.25, -0.2) is 0 Å². The normalized spacial score (nSPS) is 13.3. The second-order valence-electron chi connectivity index (χ2n) is 3.92. The zero-order chi connectivity index (χ0) is 13.9. The van der Waals surface area contributed by atoms with Crippen LogP contribution in [-0.2, 0) is 12.6 Å². The van der Waals surface area contributed by atoms with Gasteiger partial charge in [0.05, 0.1) is 20.3 Å². The van der Waals surface area contributed by atoms with Gasteiger partial charge in [0.25, 0.3) is 0 Å². The fourth-order valence-corrected chi connectivity index (χ4v) is 1.70. The minimum absolute atomic E-state index is 0.0590. The fourth-order valence-electron chi connectivity index (χ4n) is 1.70. The van der Waals surface area contributed by atoms with Crippen molar-refractivity contribution in [2.24, 2.45) is 0 Å². The quantitative estimate of drug-likeness (QED) is 0.908. The first kappa shape index (κ1) is 14.6. The smallest absolute Gasteiger partial charge is 0.420 e. The van der Waals surface area contributed by atoms with E-state index in [1.807, 2.05) is 0 Å². The van der Waals surface area contributed by atoms with Gasteiger partial charge in [0.1, 0.15) is 17.1 Å². The SMILES string of the molecule is COc1cc(CC(C)O)c(OC)c(C(F)(F)F)c1. The van der Waals surface area contributed by atoms with Crippen LogP contribution in [0.4, 0.5) is 13.2 Å². The van der Waals surface area contributed by atoms with Gasteiger partial charge in [-0.3, -0.25) is 0 Å². The molecule has 0 heterocycles. The molecule has 0 saturated heterocycles. The Bertz CT molecular complexity index is 414. The maximum Gasteiger partial charge on any atom is 0.420 e. The van der Waals surface area contributed by atoms with E-state index in [0.717, 1.165) is 6.07 Å². The van der Waals surface area contributed by atoms with Crippen molar-refractivity contribution in [2.75, 3.05) is 14.2 Å². The first-order valence-electron chi connectivity index (χ1n) is 5.29. The number of aliphatic hydroxyl groups excluding tert-OH is 1. The van der Waals surface area contributed by atoms with Gasteiger partial charge in [0.15, 0.2) is 0 Å². The Labute approximate surface area is 103 Å². The van der Waals surface area contributed by atoms with Crippen molar-refractivity contribution in [3.63, 3.8) is 0 Å². The average Bonchev–Trinajstić information content (AvgIpc) is 2.25. The van der Waals surface area contributed by atoms with Crippen LogP contribution in [0, 0.1) is 0 Å². The second kappa shape index (κ2) is 5.48. The molecule has 3 nitrogen and oxygen atoms in total. The number of rotatable bonds is 4. The number of benzene rings is 1. The number of methoxy groups -OCH3 is 2. The van der Waals surface area contributed by atoms with E-state index in [-0.39, 0.29) is 23.5 Å². The molecule has 0 radical (unpaired) electrons. The lowest BCUT2D eigenvalue weighted by Gasteiger charge is -2.18. The molecule has 0 aliphatic heterocycles. The Morgan fingerprint density at radius 1 is 1.22 bits per heavy atom. The molecule has 0 aliphatic carbocycles. The molecule has 1 N–H and O–H groups in total. The number of ether oxygens (including phenoxy) is 2. The van der Waals surface area contributed by atoms with Gasteiger partial charge in [-0.2, -0.15) is 13.2 Å². The summed E-state index contributed by atoms with van der Waals surface area (Å²) in [5, 5.41) is 9.31. The highest BCUT2D eigenvalue weighted by Crippen LogP contribution is 2.41. The Morgan fingerprint density at radius 2 is 1.83 bits per heavy atom. The highest BCUT2D eigenvalue weighted by atomic mass is 19.4. The maximum atomic E-state index is 12.9. The lowest BCUT2D eigenvalue weighted by molar-refractivity contribution is -0.138. The summed E-state index contributed by atoms with van der Waals surface area (Å²) in [4.78, 5) is 0. The molecule has 1 aromatic carbocycles. The highest BCUT2D eigenvalue weighted by Gasteiger charge is 2.36. The summed E-state index contributed by atoms with van der Waals surface area (Å²) in [6, 6.07) is 2.31. The molecule has 0 amide bonds. The van der Waals surface area contributed by atoms with E-state index < -0.39 is 17.8 Å². The van der Waals surface area contributed by atoms with Gasteiger partial charge in [0, 0.05) is 12.0 Å². The summed E-state index contributed by atoms with van der Waals surface area (Å²) in [6.45, 7) is 1.49. The molecule has 6 heteroatoms. The number of alkyl halides is 3. The van der Waals surface area contributed by atoms with Gasteiger partial charge in [-0.15, -0.1) is 0 Å². The predicted octanol–water partition coefficient (Wildman–Crippen LogP) is 2.65. The number of aliphatic hydroxyl groups is 1. The summed E-state index contributed by atoms with van der Waals surface area (Å²) >= 11 is 0. The van der Waals surface area contributed by atoms with E-state index in [4.69, 9.17) is 9.47 Å². The standard InChI is InChI=1S/C12H15F3O3/c1-7(16)4-8-5-9(17-2)6-10(11(8)18-3)12(13,14)15/h5-7,16H,4H2,1-3H3. The Morgan fingerprint density at radius 3 is 2.22 bits per heavy atom. The molecule has 1 aromatic rings. The van der Waals surface area contributed by atoms with Crippen molar-refractivity contribution in [3.8, 4) is 11.5 Å². The van der Waals surface area contributed by atoms with E-state index in [9.17, 15) is 18.3 Å². The van der Waals surface area contributed by atoms with E-state index in [2.05, 4.69) is 0 Å². The largest absolute Gasteiger partial charge is 0.497 e. The summed E-state index contributed by atoms with van der Waals surface area (Å²) < 4.78 is 48.3. The van der Waals surface area contributed by atoms with Gasteiger partial charge in [0.2, 0.25) is 0 Å².